The van der Waals surface area contributed by atoms with Gasteiger partial charge in [0.05, 0.1) is 18.8 Å². The normalized spacial score (nSPS) is 10.6. The maximum absolute atomic E-state index is 12.0. The molecule has 5 nitrogen and oxygen atoms in total. The molecule has 1 heterocycles. The second-order valence-electron chi connectivity index (χ2n) is 5.07. The Hall–Kier alpha value is -2.82. The number of rotatable bonds is 5. The van der Waals surface area contributed by atoms with Crippen LogP contribution in [-0.2, 0) is 11.2 Å². The molecule has 0 aliphatic heterocycles. The molecule has 0 spiro atoms. The molecular formula is C17H17N3O2. The van der Waals surface area contributed by atoms with Crippen LogP contribution < -0.4 is 10.1 Å². The summed E-state index contributed by atoms with van der Waals surface area (Å²) < 4.78 is 5.18. The highest BCUT2D eigenvalue weighted by atomic mass is 16.5. The molecule has 2 N–H and O–H groups in total. The predicted molar refractivity (Wildman–Crippen MR) is 86.0 cm³/mol. The van der Waals surface area contributed by atoms with Gasteiger partial charge in [0.1, 0.15) is 5.75 Å². The number of methoxy groups -OCH3 is 1. The molecule has 0 aliphatic carbocycles. The number of hydrogen-bond acceptors (Lipinski definition) is 3. The van der Waals surface area contributed by atoms with E-state index in [1.54, 1.807) is 13.3 Å². The van der Waals surface area contributed by atoms with Crippen molar-refractivity contribution in [2.75, 3.05) is 12.4 Å². The van der Waals surface area contributed by atoms with Gasteiger partial charge >= 0.3 is 0 Å². The standard InChI is InChI=1S/C17H17N3O2/c1-22-15-4-2-3-12(9-15)5-8-17(21)19-14-7-6-13-11-18-20-16(13)10-14/h2-4,6-7,9-11H,5,8H2,1H3,(H,18,20)(H,19,21). The fourth-order valence-electron chi connectivity index (χ4n) is 2.32. The Balaban J connectivity index is 1.59. The van der Waals surface area contributed by atoms with Gasteiger partial charge in [-0.3, -0.25) is 9.89 Å². The summed E-state index contributed by atoms with van der Waals surface area (Å²) in [6.45, 7) is 0. The highest BCUT2D eigenvalue weighted by Gasteiger charge is 2.05. The van der Waals surface area contributed by atoms with Crippen molar-refractivity contribution in [2.45, 2.75) is 12.8 Å². The predicted octanol–water partition coefficient (Wildman–Crippen LogP) is 3.14. The molecule has 0 fully saturated rings. The number of aromatic nitrogens is 2. The molecule has 5 heteroatoms. The van der Waals surface area contributed by atoms with Crippen molar-refractivity contribution in [3.8, 4) is 5.75 Å². The van der Waals surface area contributed by atoms with Crippen LogP contribution in [0.25, 0.3) is 10.9 Å². The Bertz CT molecular complexity index is 795. The summed E-state index contributed by atoms with van der Waals surface area (Å²) in [4.78, 5) is 12.0. The monoisotopic (exact) mass is 295 g/mol. The van der Waals surface area contributed by atoms with Crippen LogP contribution in [0.4, 0.5) is 5.69 Å². The zero-order valence-corrected chi connectivity index (χ0v) is 12.3. The third-order valence-corrected chi connectivity index (χ3v) is 3.50. The average Bonchev–Trinajstić information content (AvgIpc) is 3.01. The first-order valence-electron chi connectivity index (χ1n) is 7.10. The van der Waals surface area contributed by atoms with Crippen molar-refractivity contribution in [3.63, 3.8) is 0 Å². The first kappa shape index (κ1) is 14.1. The lowest BCUT2D eigenvalue weighted by Gasteiger charge is -2.06. The van der Waals surface area contributed by atoms with Crippen LogP contribution in [0.3, 0.4) is 0 Å². The average molecular weight is 295 g/mol. The van der Waals surface area contributed by atoms with Crippen molar-refractivity contribution in [3.05, 3.63) is 54.2 Å². The number of nitrogens with one attached hydrogen (secondary N) is 2. The Kier molecular flexibility index (Phi) is 4.05. The van der Waals surface area contributed by atoms with Crippen LogP contribution in [0.1, 0.15) is 12.0 Å². The number of amides is 1. The van der Waals surface area contributed by atoms with Gasteiger partial charge in [0.25, 0.3) is 0 Å². The van der Waals surface area contributed by atoms with E-state index in [0.717, 1.165) is 27.9 Å². The largest absolute Gasteiger partial charge is 0.497 e. The molecule has 3 aromatic rings. The van der Waals surface area contributed by atoms with Gasteiger partial charge in [-0.05, 0) is 42.3 Å². The Morgan fingerprint density at radius 2 is 2.18 bits per heavy atom. The lowest BCUT2D eigenvalue weighted by molar-refractivity contribution is -0.116. The number of aryl methyl sites for hydroxylation is 1. The van der Waals surface area contributed by atoms with Gasteiger partial charge < -0.3 is 10.1 Å². The SMILES string of the molecule is COc1cccc(CCC(=O)Nc2ccc3cn[nH]c3c2)c1. The molecule has 22 heavy (non-hydrogen) atoms. The first-order valence-corrected chi connectivity index (χ1v) is 7.10. The van der Waals surface area contributed by atoms with Crippen LogP contribution in [0, 0.1) is 0 Å². The highest BCUT2D eigenvalue weighted by molar-refractivity contribution is 5.93. The molecular weight excluding hydrogens is 278 g/mol. The Labute approximate surface area is 128 Å². The van der Waals surface area contributed by atoms with Gasteiger partial charge in [-0.1, -0.05) is 12.1 Å². The van der Waals surface area contributed by atoms with Crippen molar-refractivity contribution in [1.29, 1.82) is 0 Å². The summed E-state index contributed by atoms with van der Waals surface area (Å²) in [5, 5.41) is 10.8. The number of H-pyrrole nitrogens is 1. The van der Waals surface area contributed by atoms with Crippen LogP contribution >= 0.6 is 0 Å². The van der Waals surface area contributed by atoms with E-state index < -0.39 is 0 Å². The minimum atomic E-state index is -0.0123. The van der Waals surface area contributed by atoms with Crippen molar-refractivity contribution in [2.24, 2.45) is 0 Å². The molecule has 0 saturated heterocycles. The molecule has 0 radical (unpaired) electrons. The molecule has 0 saturated carbocycles. The summed E-state index contributed by atoms with van der Waals surface area (Å²) in [7, 11) is 1.64. The maximum Gasteiger partial charge on any atom is 0.224 e. The Morgan fingerprint density at radius 1 is 1.27 bits per heavy atom. The number of benzene rings is 2. The summed E-state index contributed by atoms with van der Waals surface area (Å²) in [5.41, 5.74) is 2.76. The zero-order valence-electron chi connectivity index (χ0n) is 12.3. The topological polar surface area (TPSA) is 67.0 Å². The van der Waals surface area contributed by atoms with Gasteiger partial charge in [-0.15, -0.1) is 0 Å². The minimum Gasteiger partial charge on any atom is -0.497 e. The van der Waals surface area contributed by atoms with E-state index in [2.05, 4.69) is 15.5 Å². The van der Waals surface area contributed by atoms with Gasteiger partial charge in [-0.25, -0.2) is 0 Å². The quantitative estimate of drug-likeness (QED) is 0.760. The molecule has 0 bridgehead atoms. The lowest BCUT2D eigenvalue weighted by Crippen LogP contribution is -2.12. The second-order valence-corrected chi connectivity index (χ2v) is 5.07. The van der Waals surface area contributed by atoms with E-state index in [4.69, 9.17) is 4.74 Å². The van der Waals surface area contributed by atoms with E-state index in [0.29, 0.717) is 12.8 Å². The summed E-state index contributed by atoms with van der Waals surface area (Å²) >= 11 is 0. The molecule has 0 aliphatic rings. The van der Waals surface area contributed by atoms with Crippen LogP contribution in [0.15, 0.2) is 48.7 Å². The van der Waals surface area contributed by atoms with Gasteiger partial charge in [0.2, 0.25) is 5.91 Å². The van der Waals surface area contributed by atoms with Crippen molar-refractivity contribution in [1.82, 2.24) is 10.2 Å². The lowest BCUT2D eigenvalue weighted by atomic mass is 10.1. The van der Waals surface area contributed by atoms with E-state index in [9.17, 15) is 4.79 Å². The van der Waals surface area contributed by atoms with Crippen LogP contribution in [0.2, 0.25) is 0 Å². The summed E-state index contributed by atoms with van der Waals surface area (Å²) in [6, 6.07) is 13.4. The number of anilines is 1. The first-order chi connectivity index (χ1) is 10.7. The van der Waals surface area contributed by atoms with E-state index >= 15 is 0 Å². The van der Waals surface area contributed by atoms with E-state index in [1.807, 2.05) is 42.5 Å². The maximum atomic E-state index is 12.0. The number of hydrogen-bond donors (Lipinski definition) is 2. The van der Waals surface area contributed by atoms with Gasteiger partial charge in [-0.2, -0.15) is 5.10 Å². The zero-order chi connectivity index (χ0) is 15.4. The minimum absolute atomic E-state index is 0.0123. The van der Waals surface area contributed by atoms with Gasteiger partial charge in [0.15, 0.2) is 0 Å². The fourth-order valence-corrected chi connectivity index (χ4v) is 2.32. The fraction of sp³-hybridized carbons (Fsp3) is 0.176. The third kappa shape index (κ3) is 3.25. The smallest absolute Gasteiger partial charge is 0.224 e. The number of carbonyl (C=O) groups is 1. The molecule has 1 amide bonds. The molecule has 112 valence electrons. The number of nitrogens with zero attached hydrogens (tertiary/aromatic N) is 1. The second kappa shape index (κ2) is 6.30. The van der Waals surface area contributed by atoms with Gasteiger partial charge in [0, 0.05) is 17.5 Å². The number of carbonyl (C=O) groups excluding carboxylic acids is 1. The number of fused-ring (bicyclic) bond motifs is 1. The number of aromatic amines is 1. The van der Waals surface area contributed by atoms with Crippen molar-refractivity contribution < 1.29 is 9.53 Å². The summed E-state index contributed by atoms with van der Waals surface area (Å²) in [6.07, 6.45) is 2.85. The Morgan fingerprint density at radius 3 is 3.05 bits per heavy atom. The van der Waals surface area contributed by atoms with Crippen LogP contribution in [0.5, 0.6) is 5.75 Å². The third-order valence-electron chi connectivity index (χ3n) is 3.50. The molecule has 0 unspecified atom stereocenters. The van der Waals surface area contributed by atoms with Crippen molar-refractivity contribution >= 4 is 22.5 Å². The van der Waals surface area contributed by atoms with Crippen LogP contribution in [-0.4, -0.2) is 23.2 Å². The van der Waals surface area contributed by atoms with E-state index in [1.165, 1.54) is 0 Å². The molecule has 1 aromatic heterocycles. The van der Waals surface area contributed by atoms with E-state index in [-0.39, 0.29) is 5.91 Å². The highest BCUT2D eigenvalue weighted by Crippen LogP contribution is 2.17. The molecule has 3 rings (SSSR count). The number of ether oxygens (including phenoxy) is 1. The molecule has 2 aromatic carbocycles. The summed E-state index contributed by atoms with van der Waals surface area (Å²) in [5.74, 6) is 0.796. The molecule has 0 atom stereocenters.